The van der Waals surface area contributed by atoms with Crippen LogP contribution in [0.4, 0.5) is 0 Å². The molecule has 2 aromatic rings. The van der Waals surface area contributed by atoms with Gasteiger partial charge in [0.05, 0.1) is 39.9 Å². The molecule has 5 rings (SSSR count). The first-order valence-corrected chi connectivity index (χ1v) is 13.8. The zero-order valence-corrected chi connectivity index (χ0v) is 23.8. The first-order chi connectivity index (χ1) is 19.4. The Morgan fingerprint density at radius 1 is 0.850 bits per heavy atom. The summed E-state index contributed by atoms with van der Waals surface area (Å²) in [5, 5.41) is 3.43. The van der Waals surface area contributed by atoms with Crippen molar-refractivity contribution in [3.05, 3.63) is 70.1 Å². The summed E-state index contributed by atoms with van der Waals surface area (Å²) in [6, 6.07) is 11.3. The molecule has 1 heterocycles. The molecule has 2 aliphatic carbocycles. The van der Waals surface area contributed by atoms with Crippen molar-refractivity contribution in [3.8, 4) is 23.0 Å². The Bertz CT molecular complexity index is 1370. The SMILES string of the molecule is COc1ccc([C@H]2C(C(=O)OC3CCCC3)=C(C)NC3=C2C(=O)C[C@@H](c2ccc(OC)c(OC)c2)C3)c(OC)c1. The topological polar surface area (TPSA) is 92.3 Å². The number of dihydropyridines is 1. The fraction of sp³-hybridized carbons (Fsp3) is 0.438. The van der Waals surface area contributed by atoms with Crippen LogP contribution >= 0.6 is 0 Å². The molecule has 2 aromatic carbocycles. The largest absolute Gasteiger partial charge is 0.497 e. The van der Waals surface area contributed by atoms with E-state index in [0.717, 1.165) is 42.5 Å². The number of ether oxygens (including phenoxy) is 5. The molecule has 0 amide bonds. The van der Waals surface area contributed by atoms with Crippen molar-refractivity contribution in [2.45, 2.75) is 63.4 Å². The third kappa shape index (κ3) is 5.15. The fourth-order valence-electron chi connectivity index (χ4n) is 6.24. The Labute approximate surface area is 235 Å². The number of nitrogens with one attached hydrogen (secondary N) is 1. The number of hydrogen-bond donors (Lipinski definition) is 1. The van der Waals surface area contributed by atoms with Gasteiger partial charge in [-0.2, -0.15) is 0 Å². The van der Waals surface area contributed by atoms with Gasteiger partial charge in [-0.05, 0) is 68.7 Å². The van der Waals surface area contributed by atoms with Gasteiger partial charge in [-0.3, -0.25) is 4.79 Å². The third-order valence-corrected chi connectivity index (χ3v) is 8.25. The molecule has 0 saturated heterocycles. The Morgan fingerprint density at radius 2 is 1.57 bits per heavy atom. The van der Waals surface area contributed by atoms with Crippen molar-refractivity contribution in [1.29, 1.82) is 0 Å². The summed E-state index contributed by atoms with van der Waals surface area (Å²) < 4.78 is 28.1. The predicted molar refractivity (Wildman–Crippen MR) is 150 cm³/mol. The summed E-state index contributed by atoms with van der Waals surface area (Å²) in [4.78, 5) is 27.7. The molecule has 0 aromatic heterocycles. The molecule has 1 saturated carbocycles. The van der Waals surface area contributed by atoms with Crippen molar-refractivity contribution >= 4 is 11.8 Å². The van der Waals surface area contributed by atoms with E-state index in [2.05, 4.69) is 5.32 Å². The van der Waals surface area contributed by atoms with Crippen LogP contribution in [0, 0.1) is 0 Å². The molecule has 1 N–H and O–H groups in total. The second-order valence-corrected chi connectivity index (χ2v) is 10.6. The van der Waals surface area contributed by atoms with E-state index in [1.807, 2.05) is 37.3 Å². The van der Waals surface area contributed by atoms with Gasteiger partial charge in [-0.15, -0.1) is 0 Å². The standard InChI is InChI=1S/C32H37NO7/c1-18-29(32(35)40-21-8-6-7-9-21)30(23-12-11-22(36-2)17-27(23)38-4)31-24(33-18)14-20(15-25(31)34)19-10-13-26(37-3)28(16-19)39-5/h10-13,16-17,20-21,30,33H,6-9,14-15H2,1-5H3/t20-,30-/m0/s1. The van der Waals surface area contributed by atoms with E-state index in [1.54, 1.807) is 34.5 Å². The van der Waals surface area contributed by atoms with Gasteiger partial charge in [0.1, 0.15) is 17.6 Å². The van der Waals surface area contributed by atoms with Crippen molar-refractivity contribution in [2.75, 3.05) is 28.4 Å². The quantitative estimate of drug-likeness (QED) is 0.429. The number of carbonyl (C=O) groups is 2. The maximum atomic E-state index is 14.0. The summed E-state index contributed by atoms with van der Waals surface area (Å²) in [6.07, 6.45) is 4.63. The van der Waals surface area contributed by atoms with Crippen LogP contribution in [0.25, 0.3) is 0 Å². The molecule has 1 fully saturated rings. The number of hydrogen-bond acceptors (Lipinski definition) is 8. The van der Waals surface area contributed by atoms with E-state index >= 15 is 0 Å². The molecule has 0 unspecified atom stereocenters. The number of esters is 1. The number of Topliss-reactive ketones (excluding diaryl/α,β-unsaturated/α-hetero) is 1. The lowest BCUT2D eigenvalue weighted by molar-refractivity contribution is -0.144. The highest BCUT2D eigenvalue weighted by Gasteiger charge is 2.43. The van der Waals surface area contributed by atoms with Crippen molar-refractivity contribution in [3.63, 3.8) is 0 Å². The molecule has 8 heteroatoms. The number of rotatable bonds is 8. The molecule has 0 radical (unpaired) electrons. The molecule has 40 heavy (non-hydrogen) atoms. The molecule has 1 aliphatic heterocycles. The van der Waals surface area contributed by atoms with E-state index in [-0.39, 0.29) is 23.8 Å². The van der Waals surface area contributed by atoms with Crippen LogP contribution in [0.1, 0.15) is 68.4 Å². The average molecular weight is 548 g/mol. The molecule has 8 nitrogen and oxygen atoms in total. The third-order valence-electron chi connectivity index (χ3n) is 8.25. The highest BCUT2D eigenvalue weighted by molar-refractivity contribution is 6.04. The molecular weight excluding hydrogens is 510 g/mol. The van der Waals surface area contributed by atoms with Crippen LogP contribution in [0.15, 0.2) is 58.9 Å². The van der Waals surface area contributed by atoms with E-state index in [9.17, 15) is 9.59 Å². The number of ketones is 1. The fourth-order valence-corrected chi connectivity index (χ4v) is 6.24. The van der Waals surface area contributed by atoms with Gasteiger partial charge in [-0.1, -0.05) is 12.1 Å². The van der Waals surface area contributed by atoms with E-state index < -0.39 is 5.92 Å². The minimum atomic E-state index is -0.620. The van der Waals surface area contributed by atoms with Crippen LogP contribution in [0.5, 0.6) is 23.0 Å². The zero-order chi connectivity index (χ0) is 28.4. The first kappa shape index (κ1) is 27.6. The second-order valence-electron chi connectivity index (χ2n) is 10.6. The Kier molecular flexibility index (Phi) is 8.05. The second kappa shape index (κ2) is 11.7. The lowest BCUT2D eigenvalue weighted by Crippen LogP contribution is -2.36. The molecular formula is C32H37NO7. The highest BCUT2D eigenvalue weighted by atomic mass is 16.5. The number of carbonyl (C=O) groups excluding carboxylic acids is 2. The molecule has 0 spiro atoms. The minimum absolute atomic E-state index is 0.0185. The summed E-state index contributed by atoms with van der Waals surface area (Å²) in [5.74, 6) is 1.35. The molecule has 3 aliphatic rings. The molecule has 0 bridgehead atoms. The van der Waals surface area contributed by atoms with E-state index in [1.165, 1.54) is 0 Å². The van der Waals surface area contributed by atoms with E-state index in [4.69, 9.17) is 23.7 Å². The van der Waals surface area contributed by atoms with Crippen LogP contribution in [0.2, 0.25) is 0 Å². The van der Waals surface area contributed by atoms with Gasteiger partial charge >= 0.3 is 5.97 Å². The van der Waals surface area contributed by atoms with Crippen LogP contribution < -0.4 is 24.3 Å². The average Bonchev–Trinajstić information content (AvgIpc) is 3.48. The summed E-state index contributed by atoms with van der Waals surface area (Å²) in [5.41, 5.74) is 4.26. The molecule has 212 valence electrons. The van der Waals surface area contributed by atoms with Crippen molar-refractivity contribution < 1.29 is 33.3 Å². The monoisotopic (exact) mass is 547 g/mol. The van der Waals surface area contributed by atoms with Crippen molar-refractivity contribution in [2.24, 2.45) is 0 Å². The lowest BCUT2D eigenvalue weighted by Gasteiger charge is -2.37. The summed E-state index contributed by atoms with van der Waals surface area (Å²) in [6.45, 7) is 1.88. The van der Waals surface area contributed by atoms with Crippen LogP contribution in [0.3, 0.4) is 0 Å². The maximum absolute atomic E-state index is 14.0. The number of allylic oxidation sites excluding steroid dienone is 3. The van der Waals surface area contributed by atoms with Crippen LogP contribution in [-0.4, -0.2) is 46.3 Å². The summed E-state index contributed by atoms with van der Waals surface area (Å²) in [7, 11) is 6.37. The highest BCUT2D eigenvalue weighted by Crippen LogP contribution is 2.49. The van der Waals surface area contributed by atoms with Crippen molar-refractivity contribution in [1.82, 2.24) is 5.32 Å². The van der Waals surface area contributed by atoms with Gasteiger partial charge in [0.25, 0.3) is 0 Å². The van der Waals surface area contributed by atoms with E-state index in [0.29, 0.717) is 52.7 Å². The van der Waals surface area contributed by atoms with Gasteiger partial charge in [-0.25, -0.2) is 4.79 Å². The van der Waals surface area contributed by atoms with Gasteiger partial charge < -0.3 is 29.0 Å². The van der Waals surface area contributed by atoms with Gasteiger partial charge in [0.15, 0.2) is 17.3 Å². The smallest absolute Gasteiger partial charge is 0.337 e. The maximum Gasteiger partial charge on any atom is 0.337 e. The zero-order valence-electron chi connectivity index (χ0n) is 23.8. The Hall–Kier alpha value is -3.94. The number of methoxy groups -OCH3 is 4. The Balaban J connectivity index is 1.57. The minimum Gasteiger partial charge on any atom is -0.497 e. The number of benzene rings is 2. The van der Waals surface area contributed by atoms with Gasteiger partial charge in [0, 0.05) is 35.0 Å². The van der Waals surface area contributed by atoms with Gasteiger partial charge in [0.2, 0.25) is 0 Å². The normalized spacial score (nSPS) is 21.1. The summed E-state index contributed by atoms with van der Waals surface area (Å²) >= 11 is 0. The Morgan fingerprint density at radius 3 is 2.25 bits per heavy atom. The molecule has 2 atom stereocenters. The van der Waals surface area contributed by atoms with Crippen LogP contribution in [-0.2, 0) is 14.3 Å². The predicted octanol–water partition coefficient (Wildman–Crippen LogP) is 5.57. The first-order valence-electron chi connectivity index (χ1n) is 13.8. The lowest BCUT2D eigenvalue weighted by atomic mass is 9.71.